The lowest BCUT2D eigenvalue weighted by atomic mass is 9.96. The van der Waals surface area contributed by atoms with Crippen molar-refractivity contribution in [2.75, 3.05) is 6.54 Å². The van der Waals surface area contributed by atoms with E-state index >= 15 is 0 Å². The second-order valence-electron chi connectivity index (χ2n) is 7.55. The first kappa shape index (κ1) is 22.0. The number of hydrogen-bond donors (Lipinski definition) is 2. The van der Waals surface area contributed by atoms with Gasteiger partial charge in [-0.2, -0.15) is 0 Å². The van der Waals surface area contributed by atoms with Crippen LogP contribution in [0.25, 0.3) is 0 Å². The van der Waals surface area contributed by atoms with Crippen molar-refractivity contribution in [1.82, 2.24) is 10.0 Å². The van der Waals surface area contributed by atoms with Crippen molar-refractivity contribution in [2.24, 2.45) is 0 Å². The Morgan fingerprint density at radius 2 is 0.969 bits per heavy atom. The first-order chi connectivity index (χ1) is 15.6. The molecule has 1 atom stereocenters. The molecule has 4 aromatic rings. The van der Waals surface area contributed by atoms with Gasteiger partial charge in [-0.1, -0.05) is 109 Å². The van der Waals surface area contributed by atoms with E-state index in [0.717, 1.165) is 16.7 Å². The summed E-state index contributed by atoms with van der Waals surface area (Å²) >= 11 is 0. The van der Waals surface area contributed by atoms with Crippen molar-refractivity contribution in [2.45, 2.75) is 17.0 Å². The molecule has 0 unspecified atom stereocenters. The van der Waals surface area contributed by atoms with Crippen molar-refractivity contribution in [1.29, 1.82) is 0 Å². The number of nitrogens with one attached hydrogen (secondary N) is 2. The molecule has 4 nitrogen and oxygen atoms in total. The molecule has 4 rings (SSSR count). The molecule has 0 aliphatic heterocycles. The van der Waals surface area contributed by atoms with Gasteiger partial charge in [0.15, 0.2) is 0 Å². The van der Waals surface area contributed by atoms with Gasteiger partial charge in [0.2, 0.25) is 10.0 Å². The number of benzene rings is 4. The molecule has 0 radical (unpaired) electrons. The molecule has 0 aliphatic carbocycles. The Morgan fingerprint density at radius 1 is 0.562 bits per heavy atom. The van der Waals surface area contributed by atoms with Gasteiger partial charge in [0, 0.05) is 12.6 Å². The van der Waals surface area contributed by atoms with Crippen LogP contribution in [0.5, 0.6) is 0 Å². The zero-order chi connectivity index (χ0) is 22.2. The topological polar surface area (TPSA) is 58.2 Å². The van der Waals surface area contributed by atoms with Crippen LogP contribution in [0.3, 0.4) is 0 Å². The van der Waals surface area contributed by atoms with Gasteiger partial charge in [-0.05, 0) is 28.8 Å². The molecule has 0 saturated carbocycles. The highest BCUT2D eigenvalue weighted by molar-refractivity contribution is 7.89. The number of sulfonamides is 1. The molecule has 0 aliphatic rings. The summed E-state index contributed by atoms with van der Waals surface area (Å²) in [6.07, 6.45) is 0. The van der Waals surface area contributed by atoms with Gasteiger partial charge < -0.3 is 0 Å². The fraction of sp³-hybridized carbons (Fsp3) is 0.111. The van der Waals surface area contributed by atoms with Crippen LogP contribution in [0, 0.1) is 0 Å². The summed E-state index contributed by atoms with van der Waals surface area (Å²) in [7, 11) is -3.62. The summed E-state index contributed by atoms with van der Waals surface area (Å²) in [6.45, 7) is 0.220. The molecular weight excluding hydrogens is 416 g/mol. The molecule has 0 aromatic heterocycles. The molecule has 0 fully saturated rings. The Hall–Kier alpha value is -3.25. The van der Waals surface area contributed by atoms with Crippen LogP contribution in [-0.4, -0.2) is 15.0 Å². The fourth-order valence-electron chi connectivity index (χ4n) is 3.71. The van der Waals surface area contributed by atoms with Crippen LogP contribution < -0.4 is 10.0 Å². The summed E-state index contributed by atoms with van der Waals surface area (Å²) in [5.74, 6) is 0. The predicted octanol–water partition coefficient (Wildman–Crippen LogP) is 5.09. The summed E-state index contributed by atoms with van der Waals surface area (Å²) in [4.78, 5) is 0.259. The minimum Gasteiger partial charge on any atom is -0.298 e. The lowest BCUT2D eigenvalue weighted by molar-refractivity contribution is 0.475. The Bertz CT molecular complexity index is 1160. The third kappa shape index (κ3) is 5.51. The highest BCUT2D eigenvalue weighted by atomic mass is 32.2. The fourth-order valence-corrected chi connectivity index (χ4v) is 4.78. The molecule has 2 N–H and O–H groups in total. The Kier molecular flexibility index (Phi) is 7.12. The molecule has 0 spiro atoms. The minimum absolute atomic E-state index is 0.0937. The number of hydrogen-bond acceptors (Lipinski definition) is 3. The van der Waals surface area contributed by atoms with Crippen LogP contribution in [0.1, 0.15) is 28.8 Å². The van der Waals surface area contributed by atoms with Crippen LogP contribution in [0.2, 0.25) is 0 Å². The van der Waals surface area contributed by atoms with E-state index in [9.17, 15) is 8.42 Å². The monoisotopic (exact) mass is 442 g/mol. The quantitative estimate of drug-likeness (QED) is 0.380. The van der Waals surface area contributed by atoms with E-state index < -0.39 is 10.0 Å². The van der Waals surface area contributed by atoms with E-state index in [1.54, 1.807) is 30.3 Å². The smallest absolute Gasteiger partial charge is 0.240 e. The summed E-state index contributed by atoms with van der Waals surface area (Å²) in [6, 6.07) is 38.4. The normalized spacial score (nSPS) is 12.5. The van der Waals surface area contributed by atoms with Gasteiger partial charge >= 0.3 is 0 Å². The molecule has 0 amide bonds. The van der Waals surface area contributed by atoms with Gasteiger partial charge in [-0.3, -0.25) is 5.32 Å². The second kappa shape index (κ2) is 10.4. The standard InChI is InChI=1S/C27H26N2O2S/c30-32(31,25-19-11-4-12-20-25)28-21-26(22-13-5-1-6-14-22)29-27(23-15-7-2-8-16-23)24-17-9-3-10-18-24/h1-20,26-29H,21H2/t26-/m0/s1. The maximum Gasteiger partial charge on any atom is 0.240 e. The highest BCUT2D eigenvalue weighted by Crippen LogP contribution is 2.26. The Morgan fingerprint density at radius 3 is 1.44 bits per heavy atom. The van der Waals surface area contributed by atoms with Crippen molar-refractivity contribution >= 4 is 10.0 Å². The second-order valence-corrected chi connectivity index (χ2v) is 9.32. The summed E-state index contributed by atoms with van der Waals surface area (Å²) < 4.78 is 28.5. The molecule has 4 aromatic carbocycles. The summed E-state index contributed by atoms with van der Waals surface area (Å²) in [5.41, 5.74) is 3.25. The lowest BCUT2D eigenvalue weighted by Crippen LogP contribution is -2.37. The average Bonchev–Trinajstić information content (AvgIpc) is 2.86. The van der Waals surface area contributed by atoms with Crippen LogP contribution >= 0.6 is 0 Å². The largest absolute Gasteiger partial charge is 0.298 e. The van der Waals surface area contributed by atoms with E-state index in [0.29, 0.717) is 0 Å². The van der Waals surface area contributed by atoms with E-state index in [4.69, 9.17) is 0 Å². The average molecular weight is 443 g/mol. The molecule has 0 saturated heterocycles. The van der Waals surface area contributed by atoms with E-state index in [2.05, 4.69) is 34.3 Å². The van der Waals surface area contributed by atoms with Crippen LogP contribution in [-0.2, 0) is 10.0 Å². The van der Waals surface area contributed by atoms with Crippen LogP contribution in [0.15, 0.2) is 126 Å². The maximum absolute atomic E-state index is 12.9. The zero-order valence-corrected chi connectivity index (χ0v) is 18.5. The molecule has 32 heavy (non-hydrogen) atoms. The summed E-state index contributed by atoms with van der Waals surface area (Å²) in [5, 5.41) is 3.70. The minimum atomic E-state index is -3.62. The molecule has 0 bridgehead atoms. The SMILES string of the molecule is O=S(=O)(NC[C@H](NC(c1ccccc1)c1ccccc1)c1ccccc1)c1ccccc1. The highest BCUT2D eigenvalue weighted by Gasteiger charge is 2.22. The maximum atomic E-state index is 12.9. The predicted molar refractivity (Wildman–Crippen MR) is 129 cm³/mol. The third-order valence-corrected chi connectivity index (χ3v) is 6.81. The van der Waals surface area contributed by atoms with Crippen molar-refractivity contribution in [3.8, 4) is 0 Å². The van der Waals surface area contributed by atoms with Gasteiger partial charge in [-0.15, -0.1) is 0 Å². The van der Waals surface area contributed by atoms with Gasteiger partial charge in [0.05, 0.1) is 10.9 Å². The molecule has 0 heterocycles. The van der Waals surface area contributed by atoms with Gasteiger partial charge in [0.1, 0.15) is 0 Å². The van der Waals surface area contributed by atoms with E-state index in [-0.39, 0.29) is 23.5 Å². The molecule has 5 heteroatoms. The first-order valence-corrected chi connectivity index (χ1v) is 12.1. The zero-order valence-electron chi connectivity index (χ0n) is 17.6. The van der Waals surface area contributed by atoms with E-state index in [1.165, 1.54) is 0 Å². The number of rotatable bonds is 9. The van der Waals surface area contributed by atoms with Crippen molar-refractivity contribution in [3.05, 3.63) is 138 Å². The van der Waals surface area contributed by atoms with Crippen LogP contribution in [0.4, 0.5) is 0 Å². The molecular formula is C27H26N2O2S. The van der Waals surface area contributed by atoms with Gasteiger partial charge in [0.25, 0.3) is 0 Å². The Labute approximate surface area is 190 Å². The Balaban J connectivity index is 1.64. The van der Waals surface area contributed by atoms with Crippen molar-refractivity contribution < 1.29 is 8.42 Å². The third-order valence-electron chi connectivity index (χ3n) is 5.37. The van der Waals surface area contributed by atoms with Crippen molar-refractivity contribution in [3.63, 3.8) is 0 Å². The van der Waals surface area contributed by atoms with Gasteiger partial charge in [-0.25, -0.2) is 13.1 Å². The molecule has 162 valence electrons. The van der Waals surface area contributed by atoms with E-state index in [1.807, 2.05) is 66.7 Å². The lowest BCUT2D eigenvalue weighted by Gasteiger charge is -2.27. The first-order valence-electron chi connectivity index (χ1n) is 10.6.